The van der Waals surface area contributed by atoms with E-state index in [1.807, 2.05) is 12.1 Å². The number of carbonyl (C=O) groups excluding carboxylic acids is 1. The third kappa shape index (κ3) is 32.3. The van der Waals surface area contributed by atoms with E-state index in [-0.39, 0.29) is 12.6 Å². The summed E-state index contributed by atoms with van der Waals surface area (Å²) in [5.41, 5.74) is 1.51. The second kappa shape index (κ2) is 38.6. The Kier molecular flexibility index (Phi) is 35.8. The van der Waals surface area contributed by atoms with Crippen LogP contribution in [0.4, 0.5) is 5.69 Å². The zero-order valence-corrected chi connectivity index (χ0v) is 30.8. The molecule has 1 aromatic rings. The number of hydrogen-bond acceptors (Lipinski definition) is 14. The second-order valence-electron chi connectivity index (χ2n) is 10.4. The molecule has 0 unspecified atom stereocenters. The number of rotatable bonds is 40. The van der Waals surface area contributed by atoms with Crippen LogP contribution in [0.1, 0.15) is 30.1 Å². The van der Waals surface area contributed by atoms with Crippen LogP contribution < -0.4 is 5.32 Å². The van der Waals surface area contributed by atoms with Gasteiger partial charge in [0.2, 0.25) is 0 Å². The Bertz CT molecular complexity index is 841. The van der Waals surface area contributed by atoms with E-state index in [4.69, 9.17) is 68.4 Å². The maximum Gasteiger partial charge on any atom is 0.338 e. The van der Waals surface area contributed by atoms with Crippen molar-refractivity contribution in [3.8, 4) is 0 Å². The molecule has 0 spiro atoms. The summed E-state index contributed by atoms with van der Waals surface area (Å²) in [6, 6.07) is 7.29. The molecular weight excluding hydrogens is 678 g/mol. The molecule has 0 atom stereocenters. The molecule has 0 radical (unpaired) electrons. The van der Waals surface area contributed by atoms with Gasteiger partial charge in [-0.05, 0) is 30.7 Å². The number of anilines is 1. The first-order valence-electron chi connectivity index (χ1n) is 17.7. The van der Waals surface area contributed by atoms with Gasteiger partial charge in [-0.3, -0.25) is 0 Å². The van der Waals surface area contributed by atoms with Gasteiger partial charge >= 0.3 is 5.97 Å². The average Bonchev–Trinajstić information content (AvgIpc) is 3.13. The van der Waals surface area contributed by atoms with Gasteiger partial charge in [0.15, 0.2) is 0 Å². The average molecular weight is 740 g/mol. The van der Waals surface area contributed by atoms with Crippen molar-refractivity contribution in [2.24, 2.45) is 0 Å². The Hall–Kier alpha value is -1.66. The van der Waals surface area contributed by atoms with E-state index >= 15 is 0 Å². The van der Waals surface area contributed by atoms with Crippen LogP contribution in [0.15, 0.2) is 24.3 Å². The molecule has 50 heavy (non-hydrogen) atoms. The summed E-state index contributed by atoms with van der Waals surface area (Å²) in [6.07, 6.45) is 2.24. The highest BCUT2D eigenvalue weighted by atomic mass is 35.5. The van der Waals surface area contributed by atoms with E-state index in [0.29, 0.717) is 157 Å². The number of carbonyl (C=O) groups is 1. The number of alkyl halides is 1. The highest BCUT2D eigenvalue weighted by Gasteiger charge is 2.07. The van der Waals surface area contributed by atoms with Crippen molar-refractivity contribution in [1.82, 2.24) is 0 Å². The van der Waals surface area contributed by atoms with Gasteiger partial charge in [-0.2, -0.15) is 0 Å². The summed E-state index contributed by atoms with van der Waals surface area (Å²) < 4.78 is 65.0. The largest absolute Gasteiger partial charge is 0.460 e. The Balaban J connectivity index is 1.69. The van der Waals surface area contributed by atoms with Gasteiger partial charge in [0.05, 0.1) is 151 Å². The van der Waals surface area contributed by atoms with E-state index in [9.17, 15) is 4.79 Å². The molecule has 0 saturated heterocycles. The molecule has 0 aromatic heterocycles. The van der Waals surface area contributed by atoms with Crippen LogP contribution in [-0.2, 0) is 56.8 Å². The molecule has 0 amide bonds. The molecule has 292 valence electrons. The predicted molar refractivity (Wildman–Crippen MR) is 190 cm³/mol. The van der Waals surface area contributed by atoms with Crippen molar-refractivity contribution in [2.75, 3.05) is 170 Å². The molecule has 1 N–H and O–H groups in total. The summed E-state index contributed by atoms with van der Waals surface area (Å²) in [5, 5.41) is 3.32. The standard InChI is InChI=1S/C35H62ClNO13/c1-2-3-9-37-34-6-4-33(5-7-34)35(38)50-32-31-49-30-29-48-28-27-47-26-25-46-24-23-45-22-21-44-20-19-43-18-17-42-16-15-41-14-13-40-12-11-39-10-8-36/h4-7,37H,2-3,8-32H2,1H3. The molecular formula is C35H62ClNO13. The molecule has 0 aliphatic heterocycles. The van der Waals surface area contributed by atoms with Crippen LogP contribution >= 0.6 is 11.6 Å². The maximum atomic E-state index is 12.1. The Morgan fingerprint density at radius 3 is 1.08 bits per heavy atom. The molecule has 0 saturated carbocycles. The minimum atomic E-state index is -0.362. The lowest BCUT2D eigenvalue weighted by Gasteiger charge is -2.09. The topological polar surface area (TPSA) is 140 Å². The van der Waals surface area contributed by atoms with E-state index in [0.717, 1.165) is 25.1 Å². The summed E-state index contributed by atoms with van der Waals surface area (Å²) in [6.45, 7) is 14.0. The van der Waals surface area contributed by atoms with E-state index in [1.165, 1.54) is 0 Å². The number of esters is 1. The summed E-state index contributed by atoms with van der Waals surface area (Å²) >= 11 is 5.51. The molecule has 0 fully saturated rings. The zero-order valence-electron chi connectivity index (χ0n) is 30.1. The first kappa shape index (κ1) is 46.4. The molecule has 14 nitrogen and oxygen atoms in total. The Morgan fingerprint density at radius 1 is 0.480 bits per heavy atom. The minimum absolute atomic E-state index is 0.189. The fourth-order valence-corrected chi connectivity index (χ4v) is 3.88. The van der Waals surface area contributed by atoms with Gasteiger partial charge in [-0.15, -0.1) is 11.6 Å². The summed E-state index contributed by atoms with van der Waals surface area (Å²) in [7, 11) is 0. The van der Waals surface area contributed by atoms with Gasteiger partial charge in [-0.1, -0.05) is 13.3 Å². The van der Waals surface area contributed by atoms with Gasteiger partial charge < -0.3 is 62.2 Å². The quantitative estimate of drug-likeness (QED) is 0.0597. The number of benzene rings is 1. The number of halogens is 1. The van der Waals surface area contributed by atoms with Crippen LogP contribution in [0.5, 0.6) is 0 Å². The smallest absolute Gasteiger partial charge is 0.338 e. The number of unbranched alkanes of at least 4 members (excludes halogenated alkanes) is 1. The van der Waals surface area contributed by atoms with E-state index in [1.54, 1.807) is 12.1 Å². The normalized spacial score (nSPS) is 11.3. The molecule has 15 heteroatoms. The molecule has 1 aromatic carbocycles. The van der Waals surface area contributed by atoms with Crippen LogP contribution in [0.3, 0.4) is 0 Å². The maximum absolute atomic E-state index is 12.1. The fraction of sp³-hybridized carbons (Fsp3) is 0.800. The summed E-state index contributed by atoms with van der Waals surface area (Å²) in [5.74, 6) is 0.131. The number of nitrogens with one attached hydrogen (secondary N) is 1. The molecule has 1 rings (SSSR count). The van der Waals surface area contributed by atoms with Crippen molar-refractivity contribution < 1.29 is 61.6 Å². The lowest BCUT2D eigenvalue weighted by molar-refractivity contribution is -0.0279. The lowest BCUT2D eigenvalue weighted by Crippen LogP contribution is -2.15. The van der Waals surface area contributed by atoms with Gasteiger partial charge in [-0.25, -0.2) is 4.79 Å². The van der Waals surface area contributed by atoms with Crippen molar-refractivity contribution in [2.45, 2.75) is 19.8 Å². The lowest BCUT2D eigenvalue weighted by atomic mass is 10.2. The molecule has 0 aliphatic carbocycles. The highest BCUT2D eigenvalue weighted by Crippen LogP contribution is 2.11. The molecule has 0 aliphatic rings. The van der Waals surface area contributed by atoms with Gasteiger partial charge in [0.25, 0.3) is 0 Å². The first-order chi connectivity index (χ1) is 24.8. The van der Waals surface area contributed by atoms with Crippen LogP contribution in [0.25, 0.3) is 0 Å². The SMILES string of the molecule is CCCCNc1ccc(C(=O)OCCOCCOCCOCCOCCOCCOCCOCCOCCOCCOCCOCCCl)cc1. The Labute approximate surface area is 303 Å². The van der Waals surface area contributed by atoms with Crippen molar-refractivity contribution in [1.29, 1.82) is 0 Å². The van der Waals surface area contributed by atoms with E-state index in [2.05, 4.69) is 12.2 Å². The zero-order chi connectivity index (χ0) is 35.8. The molecule has 0 bridgehead atoms. The van der Waals surface area contributed by atoms with E-state index < -0.39 is 0 Å². The minimum Gasteiger partial charge on any atom is -0.460 e. The predicted octanol–water partition coefficient (Wildman–Crippen LogP) is 3.48. The van der Waals surface area contributed by atoms with Crippen molar-refractivity contribution >= 4 is 23.3 Å². The Morgan fingerprint density at radius 2 is 0.780 bits per heavy atom. The highest BCUT2D eigenvalue weighted by molar-refractivity contribution is 6.17. The third-order valence-electron chi connectivity index (χ3n) is 6.38. The second-order valence-corrected chi connectivity index (χ2v) is 10.8. The first-order valence-corrected chi connectivity index (χ1v) is 18.2. The van der Waals surface area contributed by atoms with Gasteiger partial charge in [0, 0.05) is 18.1 Å². The molecule has 0 heterocycles. The van der Waals surface area contributed by atoms with Gasteiger partial charge in [0.1, 0.15) is 6.61 Å². The summed E-state index contributed by atoms with van der Waals surface area (Å²) in [4.78, 5) is 12.1. The monoisotopic (exact) mass is 739 g/mol. The van der Waals surface area contributed by atoms with Crippen LogP contribution in [-0.4, -0.2) is 170 Å². The fourth-order valence-electron chi connectivity index (χ4n) is 3.77. The number of hydrogen-bond donors (Lipinski definition) is 1. The van der Waals surface area contributed by atoms with Crippen molar-refractivity contribution in [3.63, 3.8) is 0 Å². The number of ether oxygens (including phenoxy) is 12. The van der Waals surface area contributed by atoms with Crippen molar-refractivity contribution in [3.05, 3.63) is 29.8 Å². The van der Waals surface area contributed by atoms with Crippen LogP contribution in [0, 0.1) is 0 Å². The van der Waals surface area contributed by atoms with Crippen LogP contribution in [0.2, 0.25) is 0 Å². The third-order valence-corrected chi connectivity index (χ3v) is 6.54.